The quantitative estimate of drug-likeness (QED) is 0.536. The van der Waals surface area contributed by atoms with Gasteiger partial charge in [-0.15, -0.1) is 0 Å². The molecule has 0 aromatic heterocycles. The van der Waals surface area contributed by atoms with Crippen molar-refractivity contribution in [3.8, 4) is 0 Å². The third kappa shape index (κ3) is 6.42. The SMILES string of the molecule is CCCNC(=O)c1cccc(NCC(=O)Nc2cccc(C(=O)NCC)c2)c1. The van der Waals surface area contributed by atoms with Crippen LogP contribution in [0.1, 0.15) is 41.0 Å². The highest BCUT2D eigenvalue weighted by molar-refractivity contribution is 5.98. The van der Waals surface area contributed by atoms with E-state index in [2.05, 4.69) is 21.3 Å². The average Bonchev–Trinajstić information content (AvgIpc) is 2.71. The topological polar surface area (TPSA) is 99.3 Å². The Bertz CT molecular complexity index is 836. The van der Waals surface area contributed by atoms with Crippen LogP contribution in [-0.4, -0.2) is 37.4 Å². The average molecular weight is 382 g/mol. The van der Waals surface area contributed by atoms with Gasteiger partial charge in [-0.05, 0) is 49.7 Å². The molecule has 0 spiro atoms. The summed E-state index contributed by atoms with van der Waals surface area (Å²) in [5.74, 6) is -0.583. The summed E-state index contributed by atoms with van der Waals surface area (Å²) in [5, 5.41) is 11.3. The molecule has 2 aromatic rings. The van der Waals surface area contributed by atoms with Gasteiger partial charge in [-0.3, -0.25) is 14.4 Å². The lowest BCUT2D eigenvalue weighted by Crippen LogP contribution is -2.25. The summed E-state index contributed by atoms with van der Waals surface area (Å²) in [6.45, 7) is 5.02. The number of hydrogen-bond donors (Lipinski definition) is 4. The number of amides is 3. The first-order valence-corrected chi connectivity index (χ1v) is 9.33. The molecule has 2 aromatic carbocycles. The van der Waals surface area contributed by atoms with Crippen molar-refractivity contribution in [3.05, 3.63) is 59.7 Å². The van der Waals surface area contributed by atoms with Gasteiger partial charge < -0.3 is 21.3 Å². The molecule has 148 valence electrons. The van der Waals surface area contributed by atoms with Crippen LogP contribution in [0.2, 0.25) is 0 Å². The zero-order valence-corrected chi connectivity index (χ0v) is 16.2. The Balaban J connectivity index is 1.91. The Morgan fingerprint density at radius 3 is 2.07 bits per heavy atom. The standard InChI is InChI=1S/C21H26N4O3/c1-3-11-23-21(28)15-7-5-9-17(12-15)24-14-19(26)25-18-10-6-8-16(13-18)20(27)22-4-2/h5-10,12-13,24H,3-4,11,14H2,1-2H3,(H,22,27)(H,23,28)(H,25,26). The minimum Gasteiger partial charge on any atom is -0.376 e. The van der Waals surface area contributed by atoms with E-state index in [1.54, 1.807) is 48.5 Å². The van der Waals surface area contributed by atoms with Gasteiger partial charge in [0.15, 0.2) is 0 Å². The molecule has 7 nitrogen and oxygen atoms in total. The van der Waals surface area contributed by atoms with Crippen molar-refractivity contribution in [2.24, 2.45) is 0 Å². The second kappa shape index (κ2) is 10.7. The van der Waals surface area contributed by atoms with Crippen molar-refractivity contribution >= 4 is 29.1 Å². The highest BCUT2D eigenvalue weighted by atomic mass is 16.2. The smallest absolute Gasteiger partial charge is 0.251 e. The third-order valence-electron chi connectivity index (χ3n) is 3.86. The number of carbonyl (C=O) groups excluding carboxylic acids is 3. The predicted molar refractivity (Wildman–Crippen MR) is 111 cm³/mol. The van der Waals surface area contributed by atoms with Crippen LogP contribution in [0.5, 0.6) is 0 Å². The van der Waals surface area contributed by atoms with E-state index in [4.69, 9.17) is 0 Å². The molecule has 0 heterocycles. The molecule has 0 aliphatic rings. The lowest BCUT2D eigenvalue weighted by Gasteiger charge is -2.10. The number of anilines is 2. The van der Waals surface area contributed by atoms with Crippen LogP contribution in [0.25, 0.3) is 0 Å². The molecule has 2 rings (SSSR count). The summed E-state index contributed by atoms with van der Waals surface area (Å²) in [7, 11) is 0. The van der Waals surface area contributed by atoms with Crippen molar-refractivity contribution in [2.45, 2.75) is 20.3 Å². The second-order valence-corrected chi connectivity index (χ2v) is 6.18. The lowest BCUT2D eigenvalue weighted by atomic mass is 10.2. The number of rotatable bonds is 9. The molecule has 0 bridgehead atoms. The summed E-state index contributed by atoms with van der Waals surface area (Å²) in [4.78, 5) is 36.1. The molecule has 0 aliphatic heterocycles. The fourth-order valence-electron chi connectivity index (χ4n) is 2.50. The number of carbonyl (C=O) groups is 3. The molecule has 0 atom stereocenters. The van der Waals surface area contributed by atoms with E-state index in [1.807, 2.05) is 13.8 Å². The summed E-state index contributed by atoms with van der Waals surface area (Å²) < 4.78 is 0. The molecular weight excluding hydrogens is 356 g/mol. The van der Waals surface area contributed by atoms with Gasteiger partial charge in [0.05, 0.1) is 6.54 Å². The lowest BCUT2D eigenvalue weighted by molar-refractivity contribution is -0.114. The molecule has 0 fully saturated rings. The van der Waals surface area contributed by atoms with Gasteiger partial charge in [-0.2, -0.15) is 0 Å². The van der Waals surface area contributed by atoms with E-state index < -0.39 is 0 Å². The summed E-state index contributed by atoms with van der Waals surface area (Å²) in [5.41, 5.74) is 2.24. The van der Waals surface area contributed by atoms with E-state index >= 15 is 0 Å². The van der Waals surface area contributed by atoms with Crippen molar-refractivity contribution < 1.29 is 14.4 Å². The maximum atomic E-state index is 12.2. The molecule has 0 saturated heterocycles. The molecule has 0 saturated carbocycles. The van der Waals surface area contributed by atoms with Crippen LogP contribution in [0, 0.1) is 0 Å². The summed E-state index contributed by atoms with van der Waals surface area (Å²) in [6, 6.07) is 13.7. The van der Waals surface area contributed by atoms with Gasteiger partial charge in [0.2, 0.25) is 5.91 Å². The van der Waals surface area contributed by atoms with Crippen LogP contribution < -0.4 is 21.3 Å². The second-order valence-electron chi connectivity index (χ2n) is 6.18. The maximum absolute atomic E-state index is 12.2. The zero-order valence-electron chi connectivity index (χ0n) is 16.2. The van der Waals surface area contributed by atoms with E-state index in [1.165, 1.54) is 0 Å². The van der Waals surface area contributed by atoms with E-state index in [0.717, 1.165) is 6.42 Å². The van der Waals surface area contributed by atoms with E-state index in [0.29, 0.717) is 35.6 Å². The number of hydrogen-bond acceptors (Lipinski definition) is 4. The molecule has 0 radical (unpaired) electrons. The first-order valence-electron chi connectivity index (χ1n) is 9.33. The largest absolute Gasteiger partial charge is 0.376 e. The van der Waals surface area contributed by atoms with E-state index in [9.17, 15) is 14.4 Å². The first kappa shape index (κ1) is 21.0. The van der Waals surface area contributed by atoms with Gasteiger partial charge in [0, 0.05) is 35.6 Å². The highest BCUT2D eigenvalue weighted by Gasteiger charge is 2.08. The Morgan fingerprint density at radius 1 is 0.821 bits per heavy atom. The highest BCUT2D eigenvalue weighted by Crippen LogP contribution is 2.12. The Hall–Kier alpha value is -3.35. The number of benzene rings is 2. The van der Waals surface area contributed by atoms with Crippen LogP contribution in [0.15, 0.2) is 48.5 Å². The van der Waals surface area contributed by atoms with Crippen LogP contribution >= 0.6 is 0 Å². The molecule has 7 heteroatoms. The molecule has 28 heavy (non-hydrogen) atoms. The molecule has 0 aliphatic carbocycles. The maximum Gasteiger partial charge on any atom is 0.251 e. The Labute approximate surface area is 164 Å². The van der Waals surface area contributed by atoms with Crippen LogP contribution in [0.3, 0.4) is 0 Å². The van der Waals surface area contributed by atoms with Gasteiger partial charge in [0.1, 0.15) is 0 Å². The minimum absolute atomic E-state index is 0.0332. The van der Waals surface area contributed by atoms with Gasteiger partial charge in [-0.1, -0.05) is 19.1 Å². The fourth-order valence-corrected chi connectivity index (χ4v) is 2.50. The molecule has 0 unspecified atom stereocenters. The van der Waals surface area contributed by atoms with Crippen molar-refractivity contribution in [1.82, 2.24) is 10.6 Å². The molecular formula is C21H26N4O3. The van der Waals surface area contributed by atoms with Crippen molar-refractivity contribution in [1.29, 1.82) is 0 Å². The monoisotopic (exact) mass is 382 g/mol. The normalized spacial score (nSPS) is 10.1. The zero-order chi connectivity index (χ0) is 20.4. The predicted octanol–water partition coefficient (Wildman–Crippen LogP) is 2.63. The first-order chi connectivity index (χ1) is 13.5. The number of nitrogens with one attached hydrogen (secondary N) is 4. The van der Waals surface area contributed by atoms with Crippen LogP contribution in [-0.2, 0) is 4.79 Å². The molecule has 4 N–H and O–H groups in total. The van der Waals surface area contributed by atoms with Crippen LogP contribution in [0.4, 0.5) is 11.4 Å². The van der Waals surface area contributed by atoms with Gasteiger partial charge in [0.25, 0.3) is 11.8 Å². The van der Waals surface area contributed by atoms with E-state index in [-0.39, 0.29) is 24.3 Å². The van der Waals surface area contributed by atoms with Gasteiger partial charge >= 0.3 is 0 Å². The Morgan fingerprint density at radius 2 is 1.43 bits per heavy atom. The fraction of sp³-hybridized carbons (Fsp3) is 0.286. The summed E-state index contributed by atoms with van der Waals surface area (Å²) >= 11 is 0. The summed E-state index contributed by atoms with van der Waals surface area (Å²) in [6.07, 6.45) is 0.866. The minimum atomic E-state index is -0.256. The van der Waals surface area contributed by atoms with Gasteiger partial charge in [-0.25, -0.2) is 0 Å². The third-order valence-corrected chi connectivity index (χ3v) is 3.86. The molecule has 3 amide bonds. The van der Waals surface area contributed by atoms with Crippen molar-refractivity contribution in [3.63, 3.8) is 0 Å². The Kier molecular flexibility index (Phi) is 8.02. The van der Waals surface area contributed by atoms with Crippen molar-refractivity contribution in [2.75, 3.05) is 30.3 Å².